The number of nitrogens with zero attached hydrogens (tertiary/aromatic N) is 2. The van der Waals surface area contributed by atoms with Crippen LogP contribution in [0.25, 0.3) is 16.6 Å². The fourth-order valence-corrected chi connectivity index (χ4v) is 4.61. The Kier molecular flexibility index (Phi) is 6.28. The van der Waals surface area contributed by atoms with Crippen LogP contribution in [-0.2, 0) is 4.74 Å². The Morgan fingerprint density at radius 3 is 2.50 bits per heavy atom. The number of fused-ring (bicyclic) bond motifs is 1. The van der Waals surface area contributed by atoms with Crippen LogP contribution >= 0.6 is 11.6 Å². The topological polar surface area (TPSA) is 91.4 Å². The molecule has 0 spiro atoms. The number of rotatable bonds is 5. The number of nitro groups is 1. The molecule has 2 aromatic carbocycles. The molecule has 0 bridgehead atoms. The molecule has 166 valence electrons. The number of hydrogen-bond acceptors (Lipinski definition) is 5. The zero-order valence-electron chi connectivity index (χ0n) is 17.7. The van der Waals surface area contributed by atoms with Crippen molar-refractivity contribution in [1.29, 1.82) is 0 Å². The summed E-state index contributed by atoms with van der Waals surface area (Å²) < 4.78 is 6.69. The molecule has 1 saturated carbocycles. The standard InChI is InChI=1S/C24H23ClN2O5/c1-2-32-24(29)19-14-26(17-10-8-16(9-11-17)15-6-4-3-5-7-15)21-13-20(25)22(27(30)31)12-18(21)23(19)28/h8-15H,2-7H2,1H3. The number of carbonyl (C=O) groups is 1. The van der Waals surface area contributed by atoms with Crippen LogP contribution in [0, 0.1) is 10.1 Å². The van der Waals surface area contributed by atoms with E-state index >= 15 is 0 Å². The third-order valence-corrected chi connectivity index (χ3v) is 6.31. The molecule has 1 heterocycles. The highest BCUT2D eigenvalue weighted by atomic mass is 35.5. The number of pyridine rings is 1. The van der Waals surface area contributed by atoms with Crippen LogP contribution in [0.5, 0.6) is 0 Å². The molecule has 7 nitrogen and oxygen atoms in total. The van der Waals surface area contributed by atoms with Gasteiger partial charge in [0, 0.05) is 18.0 Å². The lowest BCUT2D eigenvalue weighted by molar-refractivity contribution is -0.384. The number of benzene rings is 2. The predicted molar refractivity (Wildman–Crippen MR) is 123 cm³/mol. The van der Waals surface area contributed by atoms with E-state index in [1.165, 1.54) is 49.9 Å². The first-order valence-corrected chi connectivity index (χ1v) is 11.1. The quantitative estimate of drug-likeness (QED) is 0.277. The summed E-state index contributed by atoms with van der Waals surface area (Å²) in [5.41, 5.74) is 1.14. The van der Waals surface area contributed by atoms with Crippen molar-refractivity contribution in [1.82, 2.24) is 4.57 Å². The van der Waals surface area contributed by atoms with Gasteiger partial charge in [0.25, 0.3) is 5.69 Å². The second-order valence-electron chi connectivity index (χ2n) is 7.97. The summed E-state index contributed by atoms with van der Waals surface area (Å²) in [6, 6.07) is 10.5. The number of ether oxygens (including phenoxy) is 1. The van der Waals surface area contributed by atoms with E-state index in [1.54, 1.807) is 11.5 Å². The summed E-state index contributed by atoms with van der Waals surface area (Å²) in [7, 11) is 0. The van der Waals surface area contributed by atoms with Gasteiger partial charge < -0.3 is 9.30 Å². The number of halogens is 1. The van der Waals surface area contributed by atoms with Crippen molar-refractivity contribution in [2.45, 2.75) is 44.9 Å². The Labute approximate surface area is 189 Å². The van der Waals surface area contributed by atoms with E-state index in [1.807, 2.05) is 12.1 Å². The number of hydrogen-bond donors (Lipinski definition) is 0. The van der Waals surface area contributed by atoms with E-state index < -0.39 is 22.0 Å². The molecule has 3 aromatic rings. The van der Waals surface area contributed by atoms with Gasteiger partial charge in [0.2, 0.25) is 5.43 Å². The van der Waals surface area contributed by atoms with Crippen molar-refractivity contribution in [3.05, 3.63) is 79.1 Å². The summed E-state index contributed by atoms with van der Waals surface area (Å²) in [5, 5.41) is 11.3. The van der Waals surface area contributed by atoms with Crippen LogP contribution < -0.4 is 5.43 Å². The third-order valence-electron chi connectivity index (χ3n) is 6.01. The summed E-state index contributed by atoms with van der Waals surface area (Å²) in [4.78, 5) is 36.1. The van der Waals surface area contributed by atoms with Crippen LogP contribution in [0.15, 0.2) is 47.4 Å². The van der Waals surface area contributed by atoms with Crippen molar-refractivity contribution in [3.8, 4) is 5.69 Å². The molecule has 0 aliphatic heterocycles. The lowest BCUT2D eigenvalue weighted by Crippen LogP contribution is -2.20. The van der Waals surface area contributed by atoms with Crippen molar-refractivity contribution in [2.75, 3.05) is 6.61 Å². The summed E-state index contributed by atoms with van der Waals surface area (Å²) in [6.45, 7) is 1.75. The fourth-order valence-electron chi connectivity index (χ4n) is 4.39. The zero-order chi connectivity index (χ0) is 22.8. The molecule has 0 amide bonds. The average Bonchev–Trinajstić information content (AvgIpc) is 2.80. The van der Waals surface area contributed by atoms with Crippen molar-refractivity contribution < 1.29 is 14.5 Å². The Morgan fingerprint density at radius 1 is 1.19 bits per heavy atom. The smallest absolute Gasteiger partial charge is 0.343 e. The Hall–Kier alpha value is -3.19. The molecular formula is C24H23ClN2O5. The number of aromatic nitrogens is 1. The molecule has 0 atom stereocenters. The first-order valence-electron chi connectivity index (χ1n) is 10.7. The second kappa shape index (κ2) is 9.12. The Morgan fingerprint density at radius 2 is 1.88 bits per heavy atom. The van der Waals surface area contributed by atoms with Crippen molar-refractivity contribution >= 4 is 34.2 Å². The number of carbonyl (C=O) groups excluding carboxylic acids is 1. The lowest BCUT2D eigenvalue weighted by Gasteiger charge is -2.22. The minimum Gasteiger partial charge on any atom is -0.462 e. The molecule has 1 fully saturated rings. The largest absolute Gasteiger partial charge is 0.462 e. The minimum absolute atomic E-state index is 0.0306. The molecule has 0 radical (unpaired) electrons. The van der Waals surface area contributed by atoms with E-state index in [4.69, 9.17) is 16.3 Å². The van der Waals surface area contributed by atoms with Gasteiger partial charge in [-0.05, 0) is 49.4 Å². The molecule has 0 saturated heterocycles. The summed E-state index contributed by atoms with van der Waals surface area (Å²) >= 11 is 6.14. The third kappa shape index (κ3) is 4.12. The van der Waals surface area contributed by atoms with E-state index in [0.29, 0.717) is 17.1 Å². The second-order valence-corrected chi connectivity index (χ2v) is 8.37. The van der Waals surface area contributed by atoms with E-state index in [-0.39, 0.29) is 22.6 Å². The zero-order valence-corrected chi connectivity index (χ0v) is 18.4. The van der Waals surface area contributed by atoms with Gasteiger partial charge in [-0.25, -0.2) is 4.79 Å². The van der Waals surface area contributed by atoms with Gasteiger partial charge in [-0.2, -0.15) is 0 Å². The normalized spacial score (nSPS) is 14.4. The molecule has 32 heavy (non-hydrogen) atoms. The maximum Gasteiger partial charge on any atom is 0.343 e. The Balaban J connectivity index is 1.89. The van der Waals surface area contributed by atoms with Crippen LogP contribution in [0.4, 0.5) is 5.69 Å². The SMILES string of the molecule is CCOC(=O)c1cn(-c2ccc(C3CCCCC3)cc2)c2cc(Cl)c([N+](=O)[O-])cc2c1=O. The highest BCUT2D eigenvalue weighted by Gasteiger charge is 2.22. The molecule has 1 aliphatic rings. The average molecular weight is 455 g/mol. The number of nitro benzene ring substituents is 1. The monoisotopic (exact) mass is 454 g/mol. The van der Waals surface area contributed by atoms with Gasteiger partial charge >= 0.3 is 5.97 Å². The van der Waals surface area contributed by atoms with Gasteiger partial charge in [-0.15, -0.1) is 0 Å². The number of esters is 1. The highest BCUT2D eigenvalue weighted by molar-refractivity contribution is 6.33. The van der Waals surface area contributed by atoms with Gasteiger partial charge in [0.05, 0.1) is 22.4 Å². The first-order chi connectivity index (χ1) is 15.4. The van der Waals surface area contributed by atoms with Gasteiger partial charge in [0.1, 0.15) is 10.6 Å². The molecular weight excluding hydrogens is 432 g/mol. The van der Waals surface area contributed by atoms with Gasteiger partial charge in [-0.1, -0.05) is 43.0 Å². The predicted octanol–water partition coefficient (Wildman–Crippen LogP) is 5.78. The maximum absolute atomic E-state index is 13.0. The van der Waals surface area contributed by atoms with Crippen LogP contribution in [-0.4, -0.2) is 22.1 Å². The molecule has 8 heteroatoms. The molecule has 1 aliphatic carbocycles. The van der Waals surface area contributed by atoms with Crippen molar-refractivity contribution in [3.63, 3.8) is 0 Å². The molecule has 1 aromatic heterocycles. The first kappa shape index (κ1) is 22.0. The van der Waals surface area contributed by atoms with Crippen LogP contribution in [0.3, 0.4) is 0 Å². The van der Waals surface area contributed by atoms with E-state index in [9.17, 15) is 19.7 Å². The molecule has 4 rings (SSSR count). The Bertz CT molecular complexity index is 1240. The van der Waals surface area contributed by atoms with Crippen LogP contribution in [0.1, 0.15) is 60.9 Å². The van der Waals surface area contributed by atoms with Gasteiger partial charge in [0.15, 0.2) is 0 Å². The van der Waals surface area contributed by atoms with Gasteiger partial charge in [-0.3, -0.25) is 14.9 Å². The van der Waals surface area contributed by atoms with E-state index in [2.05, 4.69) is 12.1 Å². The molecule has 0 unspecified atom stereocenters. The fraction of sp³-hybridized carbons (Fsp3) is 0.333. The summed E-state index contributed by atoms with van der Waals surface area (Å²) in [6.07, 6.45) is 7.51. The van der Waals surface area contributed by atoms with Crippen molar-refractivity contribution in [2.24, 2.45) is 0 Å². The molecule has 0 N–H and O–H groups in total. The van der Waals surface area contributed by atoms with Crippen LogP contribution in [0.2, 0.25) is 5.02 Å². The lowest BCUT2D eigenvalue weighted by atomic mass is 9.84. The van der Waals surface area contributed by atoms with E-state index in [0.717, 1.165) is 6.07 Å². The maximum atomic E-state index is 13.0. The highest BCUT2D eigenvalue weighted by Crippen LogP contribution is 2.34. The summed E-state index contributed by atoms with van der Waals surface area (Å²) in [5.74, 6) is -0.236. The minimum atomic E-state index is -0.774.